The Morgan fingerprint density at radius 1 is 1.17 bits per heavy atom. The number of amides is 1. The van der Waals surface area contributed by atoms with Gasteiger partial charge in [0.25, 0.3) is 5.91 Å². The van der Waals surface area contributed by atoms with Gasteiger partial charge in [-0.25, -0.2) is 0 Å². The van der Waals surface area contributed by atoms with Gasteiger partial charge in [0.15, 0.2) is 0 Å². The predicted molar refractivity (Wildman–Crippen MR) is 131 cm³/mol. The summed E-state index contributed by atoms with van der Waals surface area (Å²) < 4.78 is 11.5. The Morgan fingerprint density at radius 2 is 1.89 bits per heavy atom. The van der Waals surface area contributed by atoms with Crippen LogP contribution < -0.4 is 49.5 Å². The van der Waals surface area contributed by atoms with Crippen molar-refractivity contribution in [2.45, 2.75) is 24.1 Å². The van der Waals surface area contributed by atoms with Crippen molar-refractivity contribution in [1.29, 1.82) is 0 Å². The average Bonchev–Trinajstić information content (AvgIpc) is 2.84. The van der Waals surface area contributed by atoms with Crippen LogP contribution in [0.5, 0.6) is 17.2 Å². The van der Waals surface area contributed by atoms with E-state index in [0.29, 0.717) is 34.8 Å². The first-order chi connectivity index (χ1) is 16.4. The maximum Gasteiger partial charge on any atom is 1.00 e. The molecule has 0 saturated heterocycles. The quantitative estimate of drug-likeness (QED) is 0.358. The summed E-state index contributed by atoms with van der Waals surface area (Å²) in [6.07, 6.45) is 3.02. The van der Waals surface area contributed by atoms with Crippen LogP contribution in [0.3, 0.4) is 0 Å². The smallest absolute Gasteiger partial charge is 0.549 e. The fourth-order valence-corrected chi connectivity index (χ4v) is 4.56. The van der Waals surface area contributed by atoms with E-state index in [-0.39, 0.29) is 52.5 Å². The molecule has 0 fully saturated rings. The third-order valence-corrected chi connectivity index (χ3v) is 6.72. The van der Waals surface area contributed by atoms with Crippen molar-refractivity contribution < 1.29 is 53.7 Å². The molecule has 35 heavy (non-hydrogen) atoms. The van der Waals surface area contributed by atoms with Gasteiger partial charge < -0.3 is 24.7 Å². The van der Waals surface area contributed by atoms with Gasteiger partial charge in [-0.3, -0.25) is 4.79 Å². The van der Waals surface area contributed by atoms with E-state index in [9.17, 15) is 14.7 Å². The summed E-state index contributed by atoms with van der Waals surface area (Å²) in [4.78, 5) is 24.1. The van der Waals surface area contributed by atoms with Crippen LogP contribution in [0.2, 0.25) is 5.02 Å². The van der Waals surface area contributed by atoms with Gasteiger partial charge in [0.05, 0.1) is 17.0 Å². The van der Waals surface area contributed by atoms with Crippen LogP contribution in [0.4, 0.5) is 0 Å². The Balaban J connectivity index is 0.00000342. The number of benzene rings is 3. The molecule has 9 heteroatoms. The molecule has 6 nitrogen and oxygen atoms in total. The van der Waals surface area contributed by atoms with E-state index in [2.05, 4.69) is 5.32 Å². The van der Waals surface area contributed by atoms with Crippen molar-refractivity contribution >= 4 is 35.2 Å². The molecule has 1 N–H and O–H groups in total. The largest absolute Gasteiger partial charge is 1.00 e. The number of halogens is 1. The topological polar surface area (TPSA) is 87.7 Å². The molecule has 0 bridgehead atoms. The van der Waals surface area contributed by atoms with Gasteiger partial charge in [0.2, 0.25) is 0 Å². The third-order valence-electron chi connectivity index (χ3n) is 5.57. The SMILES string of the molecule is CSC(Cc1ccccc1)NC(=O)c1ccc(Oc2cc3c(cc2Cl)C(C(=O)[O-])CCO3)cc1.[Na+]. The monoisotopic (exact) mass is 519 g/mol. The summed E-state index contributed by atoms with van der Waals surface area (Å²) in [5.41, 5.74) is 2.15. The summed E-state index contributed by atoms with van der Waals surface area (Å²) in [5, 5.41) is 14.7. The molecule has 0 saturated carbocycles. The Bertz CT molecular complexity index is 1180. The van der Waals surface area contributed by atoms with Crippen LogP contribution in [0.15, 0.2) is 66.7 Å². The maximum atomic E-state index is 12.7. The van der Waals surface area contributed by atoms with Crippen molar-refractivity contribution in [1.82, 2.24) is 5.32 Å². The number of aliphatic carboxylic acids is 1. The normalized spacial score (nSPS) is 15.1. The molecule has 0 aliphatic carbocycles. The van der Waals surface area contributed by atoms with E-state index in [0.717, 1.165) is 12.0 Å². The number of rotatable bonds is 8. The summed E-state index contributed by atoms with van der Waals surface area (Å²) in [5.74, 6) is -0.859. The van der Waals surface area contributed by atoms with E-state index >= 15 is 0 Å². The minimum Gasteiger partial charge on any atom is -0.549 e. The van der Waals surface area contributed by atoms with E-state index in [1.807, 2.05) is 36.6 Å². The van der Waals surface area contributed by atoms with Crippen LogP contribution in [-0.2, 0) is 11.2 Å². The molecule has 0 aromatic heterocycles. The van der Waals surface area contributed by atoms with Gasteiger partial charge in [-0.05, 0) is 48.6 Å². The Morgan fingerprint density at radius 3 is 2.54 bits per heavy atom. The molecular formula is C26H23ClNNaO5S. The van der Waals surface area contributed by atoms with Crippen molar-refractivity contribution in [3.63, 3.8) is 0 Å². The number of hydrogen-bond donors (Lipinski definition) is 1. The minimum atomic E-state index is -1.16. The molecule has 2 atom stereocenters. The molecule has 1 aliphatic rings. The van der Waals surface area contributed by atoms with Gasteiger partial charge in [-0.1, -0.05) is 41.9 Å². The maximum absolute atomic E-state index is 12.7. The number of carbonyl (C=O) groups is 2. The molecule has 1 amide bonds. The van der Waals surface area contributed by atoms with Crippen LogP contribution >= 0.6 is 23.4 Å². The zero-order valence-corrected chi connectivity index (χ0v) is 23.0. The minimum absolute atomic E-state index is 0. The van der Waals surface area contributed by atoms with Crippen molar-refractivity contribution in [2.24, 2.45) is 0 Å². The fraction of sp³-hybridized carbons (Fsp3) is 0.231. The number of carboxylic acids is 1. The number of thioether (sulfide) groups is 1. The molecule has 3 aromatic rings. The molecule has 0 radical (unpaired) electrons. The Kier molecular flexibility index (Phi) is 9.95. The van der Waals surface area contributed by atoms with Crippen LogP contribution in [-0.4, -0.2) is 30.1 Å². The first-order valence-electron chi connectivity index (χ1n) is 10.8. The van der Waals surface area contributed by atoms with E-state index < -0.39 is 11.9 Å². The van der Waals surface area contributed by atoms with Gasteiger partial charge >= 0.3 is 29.6 Å². The van der Waals surface area contributed by atoms with Gasteiger partial charge in [-0.2, -0.15) is 0 Å². The molecule has 176 valence electrons. The van der Waals surface area contributed by atoms with Crippen LogP contribution in [0.1, 0.15) is 33.8 Å². The zero-order valence-electron chi connectivity index (χ0n) is 19.5. The van der Waals surface area contributed by atoms with Gasteiger partial charge in [-0.15, -0.1) is 11.8 Å². The Labute approximate surface area is 235 Å². The van der Waals surface area contributed by atoms with Crippen LogP contribution in [0, 0.1) is 0 Å². The number of nitrogens with one attached hydrogen (secondary N) is 1. The molecule has 3 aromatic carbocycles. The second kappa shape index (κ2) is 12.7. The summed E-state index contributed by atoms with van der Waals surface area (Å²) in [6, 6.07) is 19.9. The molecule has 1 aliphatic heterocycles. The van der Waals surface area contributed by atoms with Crippen molar-refractivity contribution in [3.05, 3.63) is 88.4 Å². The van der Waals surface area contributed by atoms with Crippen LogP contribution in [0.25, 0.3) is 0 Å². The van der Waals surface area contributed by atoms with Crippen molar-refractivity contribution in [2.75, 3.05) is 12.9 Å². The summed E-state index contributed by atoms with van der Waals surface area (Å²) in [6.45, 7) is 0.276. The predicted octanol–water partition coefficient (Wildman–Crippen LogP) is 1.41. The second-order valence-electron chi connectivity index (χ2n) is 7.84. The second-order valence-corrected chi connectivity index (χ2v) is 9.29. The molecule has 0 spiro atoms. The molecule has 4 rings (SSSR count). The fourth-order valence-electron chi connectivity index (χ4n) is 3.77. The molecule has 2 unspecified atom stereocenters. The first-order valence-corrected chi connectivity index (χ1v) is 12.4. The van der Waals surface area contributed by atoms with Crippen molar-refractivity contribution in [3.8, 4) is 17.2 Å². The van der Waals surface area contributed by atoms with Gasteiger partial charge in [0.1, 0.15) is 17.2 Å². The summed E-state index contributed by atoms with van der Waals surface area (Å²) >= 11 is 7.93. The third kappa shape index (κ3) is 6.96. The number of hydrogen-bond acceptors (Lipinski definition) is 6. The number of carboxylic acid groups (broad SMARTS) is 1. The summed E-state index contributed by atoms with van der Waals surface area (Å²) in [7, 11) is 0. The number of carbonyl (C=O) groups excluding carboxylic acids is 2. The first kappa shape index (κ1) is 27.4. The standard InChI is InChI=1S/C26H24ClNO5S.Na/c1-34-24(13-16-5-3-2-4-6-16)28-25(29)17-7-9-18(10-8-17)33-23-15-22-20(14-21(23)27)19(26(30)31)11-12-32-22;/h2-10,14-15,19,24H,11-13H2,1H3,(H,28,29)(H,30,31);/q;+1/p-1. The molecule has 1 heterocycles. The Hall–Kier alpha value is -2.16. The van der Waals surface area contributed by atoms with E-state index in [1.54, 1.807) is 48.2 Å². The van der Waals surface area contributed by atoms with E-state index in [4.69, 9.17) is 21.1 Å². The van der Waals surface area contributed by atoms with E-state index in [1.165, 1.54) is 0 Å². The zero-order chi connectivity index (χ0) is 24.1. The number of ether oxygens (including phenoxy) is 2. The number of fused-ring (bicyclic) bond motifs is 1. The van der Waals surface area contributed by atoms with Gasteiger partial charge in [0, 0.05) is 35.5 Å². The average molecular weight is 520 g/mol. The molecular weight excluding hydrogens is 497 g/mol.